The van der Waals surface area contributed by atoms with Gasteiger partial charge in [-0.15, -0.1) is 0 Å². The van der Waals surface area contributed by atoms with Gasteiger partial charge in [-0.05, 0) is 36.1 Å². The fourth-order valence-electron chi connectivity index (χ4n) is 2.14. The van der Waals surface area contributed by atoms with Gasteiger partial charge in [-0.1, -0.05) is 31.6 Å². The second-order valence-electron chi connectivity index (χ2n) is 4.20. The highest BCUT2D eigenvalue weighted by Gasteiger charge is 2.21. The average Bonchev–Trinajstić information content (AvgIpc) is 2.29. The van der Waals surface area contributed by atoms with Gasteiger partial charge in [0.1, 0.15) is 0 Å². The van der Waals surface area contributed by atoms with Crippen LogP contribution in [0.25, 0.3) is 5.57 Å². The van der Waals surface area contributed by atoms with Gasteiger partial charge in [0.25, 0.3) is 5.91 Å². The molecule has 0 unspecified atom stereocenters. The topological polar surface area (TPSA) is 29.1 Å². The normalized spacial score (nSPS) is 17.1. The number of nitrogens with one attached hydrogen (secondary N) is 1. The Morgan fingerprint density at radius 1 is 1.44 bits per heavy atom. The number of amides is 1. The third-order valence-corrected chi connectivity index (χ3v) is 2.96. The molecule has 0 bridgehead atoms. The predicted octanol–water partition coefficient (Wildman–Crippen LogP) is 2.92. The molecule has 1 amide bonds. The minimum absolute atomic E-state index is 0.0485. The predicted molar refractivity (Wildman–Crippen MR) is 66.4 cm³/mol. The molecule has 0 spiro atoms. The average molecular weight is 215 g/mol. The van der Waals surface area contributed by atoms with Gasteiger partial charge in [0, 0.05) is 12.1 Å². The SMILES string of the molecule is CCC/C=C1/CNC(=O)c2cccc(C)c21. The molecule has 1 aliphatic rings. The first-order chi connectivity index (χ1) is 7.74. The summed E-state index contributed by atoms with van der Waals surface area (Å²) < 4.78 is 0. The smallest absolute Gasteiger partial charge is 0.252 e. The molecule has 1 aromatic carbocycles. The molecule has 0 saturated carbocycles. The minimum atomic E-state index is 0.0485. The summed E-state index contributed by atoms with van der Waals surface area (Å²) in [4.78, 5) is 11.7. The van der Waals surface area contributed by atoms with Crippen molar-refractivity contribution in [2.75, 3.05) is 6.54 Å². The van der Waals surface area contributed by atoms with Gasteiger partial charge in [0.05, 0.1) is 0 Å². The Bertz CT molecular complexity index is 446. The Morgan fingerprint density at radius 3 is 3.00 bits per heavy atom. The number of rotatable bonds is 2. The van der Waals surface area contributed by atoms with E-state index in [1.54, 1.807) is 0 Å². The Labute approximate surface area is 96.4 Å². The quantitative estimate of drug-likeness (QED) is 0.807. The molecule has 1 aromatic rings. The lowest BCUT2D eigenvalue weighted by Gasteiger charge is -2.21. The van der Waals surface area contributed by atoms with Crippen molar-refractivity contribution in [2.45, 2.75) is 26.7 Å². The van der Waals surface area contributed by atoms with Crippen LogP contribution in [0.3, 0.4) is 0 Å². The van der Waals surface area contributed by atoms with E-state index >= 15 is 0 Å². The van der Waals surface area contributed by atoms with Gasteiger partial charge in [0.2, 0.25) is 0 Å². The summed E-state index contributed by atoms with van der Waals surface area (Å²) >= 11 is 0. The van der Waals surface area contributed by atoms with E-state index in [9.17, 15) is 4.79 Å². The van der Waals surface area contributed by atoms with Crippen molar-refractivity contribution in [1.82, 2.24) is 5.32 Å². The zero-order valence-electron chi connectivity index (χ0n) is 9.84. The van der Waals surface area contributed by atoms with Crippen molar-refractivity contribution in [3.05, 3.63) is 41.0 Å². The molecule has 16 heavy (non-hydrogen) atoms. The Hall–Kier alpha value is -1.57. The number of hydrogen-bond acceptors (Lipinski definition) is 1. The third-order valence-electron chi connectivity index (χ3n) is 2.96. The van der Waals surface area contributed by atoms with Crippen LogP contribution < -0.4 is 5.32 Å². The number of aryl methyl sites for hydroxylation is 1. The van der Waals surface area contributed by atoms with E-state index in [1.807, 2.05) is 12.1 Å². The summed E-state index contributed by atoms with van der Waals surface area (Å²) in [5.41, 5.74) is 4.40. The molecule has 84 valence electrons. The van der Waals surface area contributed by atoms with Gasteiger partial charge in [-0.25, -0.2) is 0 Å². The molecule has 0 radical (unpaired) electrons. The summed E-state index contributed by atoms with van der Waals surface area (Å²) in [6.07, 6.45) is 4.45. The van der Waals surface area contributed by atoms with E-state index in [2.05, 4.69) is 31.3 Å². The maximum atomic E-state index is 11.7. The number of carbonyl (C=O) groups is 1. The fraction of sp³-hybridized carbons (Fsp3) is 0.357. The molecule has 2 heteroatoms. The molecule has 0 atom stereocenters. The van der Waals surface area contributed by atoms with Crippen molar-refractivity contribution >= 4 is 11.5 Å². The highest BCUT2D eigenvalue weighted by molar-refractivity contribution is 6.03. The maximum Gasteiger partial charge on any atom is 0.252 e. The van der Waals surface area contributed by atoms with Gasteiger partial charge in [-0.3, -0.25) is 4.79 Å². The van der Waals surface area contributed by atoms with Crippen LogP contribution in [0.5, 0.6) is 0 Å². The van der Waals surface area contributed by atoms with Crippen LogP contribution in [0.2, 0.25) is 0 Å². The van der Waals surface area contributed by atoms with Crippen LogP contribution in [0, 0.1) is 6.92 Å². The molecule has 0 aromatic heterocycles. The summed E-state index contributed by atoms with van der Waals surface area (Å²) in [5.74, 6) is 0.0485. The zero-order valence-corrected chi connectivity index (χ0v) is 9.84. The number of hydrogen-bond donors (Lipinski definition) is 1. The standard InChI is InChI=1S/C14H17NO/c1-3-4-7-11-9-15-14(16)12-8-5-6-10(2)13(11)12/h5-8H,3-4,9H2,1-2H3,(H,15,16)/b11-7-. The maximum absolute atomic E-state index is 11.7. The van der Waals surface area contributed by atoms with E-state index in [0.717, 1.165) is 24.0 Å². The van der Waals surface area contributed by atoms with Crippen molar-refractivity contribution in [2.24, 2.45) is 0 Å². The van der Waals surface area contributed by atoms with Crippen LogP contribution in [0.1, 0.15) is 41.3 Å². The molecular formula is C14H17NO. The van der Waals surface area contributed by atoms with Gasteiger partial charge < -0.3 is 5.32 Å². The second kappa shape index (κ2) is 4.52. The fourth-order valence-corrected chi connectivity index (χ4v) is 2.14. The number of fused-ring (bicyclic) bond motifs is 1. The molecule has 2 nitrogen and oxygen atoms in total. The summed E-state index contributed by atoms with van der Waals surface area (Å²) in [6, 6.07) is 5.91. The molecule has 1 N–H and O–H groups in total. The molecule has 0 aliphatic carbocycles. The van der Waals surface area contributed by atoms with Crippen molar-refractivity contribution < 1.29 is 4.79 Å². The Morgan fingerprint density at radius 2 is 2.25 bits per heavy atom. The first-order valence-electron chi connectivity index (χ1n) is 5.81. The first-order valence-corrected chi connectivity index (χ1v) is 5.81. The lowest BCUT2D eigenvalue weighted by atomic mass is 9.91. The Balaban J connectivity index is 2.50. The van der Waals surface area contributed by atoms with Crippen LogP contribution >= 0.6 is 0 Å². The minimum Gasteiger partial charge on any atom is -0.348 e. The van der Waals surface area contributed by atoms with Crippen molar-refractivity contribution in [1.29, 1.82) is 0 Å². The van der Waals surface area contributed by atoms with Crippen molar-refractivity contribution in [3.63, 3.8) is 0 Å². The summed E-state index contributed by atoms with van der Waals surface area (Å²) in [5, 5.41) is 2.92. The first kappa shape index (κ1) is 10.9. The molecule has 1 heterocycles. The lowest BCUT2D eigenvalue weighted by molar-refractivity contribution is 0.0954. The molecule has 1 aliphatic heterocycles. The molecule has 0 fully saturated rings. The number of benzene rings is 1. The third kappa shape index (κ3) is 1.87. The van der Waals surface area contributed by atoms with Crippen LogP contribution in [-0.4, -0.2) is 12.5 Å². The number of allylic oxidation sites excluding steroid dienone is 1. The lowest BCUT2D eigenvalue weighted by Crippen LogP contribution is -2.31. The van der Waals surface area contributed by atoms with Gasteiger partial charge >= 0.3 is 0 Å². The number of unbranched alkanes of at least 4 members (excludes halogenated alkanes) is 1. The largest absolute Gasteiger partial charge is 0.348 e. The zero-order chi connectivity index (χ0) is 11.5. The second-order valence-corrected chi connectivity index (χ2v) is 4.20. The molecular weight excluding hydrogens is 198 g/mol. The van der Waals surface area contributed by atoms with Gasteiger partial charge in [0.15, 0.2) is 0 Å². The van der Waals surface area contributed by atoms with Crippen LogP contribution in [0.15, 0.2) is 24.3 Å². The van der Waals surface area contributed by atoms with E-state index < -0.39 is 0 Å². The van der Waals surface area contributed by atoms with E-state index in [1.165, 1.54) is 11.1 Å². The molecule has 2 rings (SSSR count). The van der Waals surface area contributed by atoms with Gasteiger partial charge in [-0.2, -0.15) is 0 Å². The summed E-state index contributed by atoms with van der Waals surface area (Å²) in [6.45, 7) is 4.89. The Kier molecular flexibility index (Phi) is 3.09. The van der Waals surface area contributed by atoms with Crippen molar-refractivity contribution in [3.8, 4) is 0 Å². The summed E-state index contributed by atoms with van der Waals surface area (Å²) in [7, 11) is 0. The van der Waals surface area contributed by atoms with Crippen LogP contribution in [0.4, 0.5) is 0 Å². The molecule has 0 saturated heterocycles. The van der Waals surface area contributed by atoms with E-state index in [0.29, 0.717) is 6.54 Å². The van der Waals surface area contributed by atoms with Crippen LogP contribution in [-0.2, 0) is 0 Å². The van der Waals surface area contributed by atoms with E-state index in [-0.39, 0.29) is 5.91 Å². The number of carbonyl (C=O) groups excluding carboxylic acids is 1. The highest BCUT2D eigenvalue weighted by Crippen LogP contribution is 2.26. The highest BCUT2D eigenvalue weighted by atomic mass is 16.1. The van der Waals surface area contributed by atoms with E-state index in [4.69, 9.17) is 0 Å². The monoisotopic (exact) mass is 215 g/mol.